The Kier molecular flexibility index (Phi) is 4.31. The number of rotatable bonds is 3. The summed E-state index contributed by atoms with van der Waals surface area (Å²) >= 11 is 0. The van der Waals surface area contributed by atoms with Crippen LogP contribution in [0.4, 0.5) is 11.4 Å². The number of amides is 1. The Morgan fingerprint density at radius 3 is 2.42 bits per heavy atom. The number of nitrogens with two attached hydrogens (primary N) is 1. The largest absolute Gasteiger partial charge is 0.507 e. The maximum Gasteiger partial charge on any atom is 0.295 e. The Hall–Kier alpha value is -3.10. The standard InChI is InChI=1S/C18H16N2O5S/c1-10-8-11(2-5-15(10)19)18(22)20-12-3-4-13-14(9-12)17(26(23,24)25)7-6-16(13)21/h2-9,21H,19H2,1H3,(H,20,22)(H,23,24,25). The smallest absolute Gasteiger partial charge is 0.295 e. The van der Waals surface area contributed by atoms with Crippen LogP contribution < -0.4 is 11.1 Å². The van der Waals surface area contributed by atoms with Crippen molar-refractivity contribution in [3.05, 3.63) is 59.7 Å². The SMILES string of the molecule is Cc1cc(C(=O)Nc2ccc3c(O)ccc(S(=O)(=O)O)c3c2)ccc1N. The van der Waals surface area contributed by atoms with Gasteiger partial charge < -0.3 is 16.2 Å². The maximum atomic E-state index is 12.4. The molecule has 7 nitrogen and oxygen atoms in total. The minimum absolute atomic E-state index is 0.0961. The number of nitrogens with one attached hydrogen (secondary N) is 1. The maximum absolute atomic E-state index is 12.4. The van der Waals surface area contributed by atoms with Gasteiger partial charge in [0.15, 0.2) is 0 Å². The Labute approximate surface area is 149 Å². The van der Waals surface area contributed by atoms with Gasteiger partial charge in [-0.15, -0.1) is 0 Å². The predicted molar refractivity (Wildman–Crippen MR) is 99.0 cm³/mol. The number of benzene rings is 3. The number of fused-ring (bicyclic) bond motifs is 1. The highest BCUT2D eigenvalue weighted by Crippen LogP contribution is 2.32. The van der Waals surface area contributed by atoms with Crippen molar-refractivity contribution in [3.8, 4) is 5.75 Å². The number of aromatic hydroxyl groups is 1. The third-order valence-corrected chi connectivity index (χ3v) is 4.93. The van der Waals surface area contributed by atoms with Gasteiger partial charge in [-0.1, -0.05) is 0 Å². The molecule has 0 aliphatic carbocycles. The van der Waals surface area contributed by atoms with Crippen LogP contribution in [-0.2, 0) is 10.1 Å². The number of phenolic OH excluding ortho intramolecular Hbond substituents is 1. The van der Waals surface area contributed by atoms with Crippen molar-refractivity contribution in [2.75, 3.05) is 11.1 Å². The van der Waals surface area contributed by atoms with E-state index >= 15 is 0 Å². The molecule has 3 aromatic rings. The fourth-order valence-electron chi connectivity index (χ4n) is 2.63. The third-order valence-electron chi connectivity index (χ3n) is 4.02. The minimum Gasteiger partial charge on any atom is -0.507 e. The number of hydrogen-bond donors (Lipinski definition) is 4. The van der Waals surface area contributed by atoms with E-state index in [1.165, 1.54) is 24.3 Å². The van der Waals surface area contributed by atoms with E-state index in [-0.39, 0.29) is 21.4 Å². The lowest BCUT2D eigenvalue weighted by atomic mass is 10.1. The molecule has 0 aromatic heterocycles. The van der Waals surface area contributed by atoms with Gasteiger partial charge in [0.1, 0.15) is 10.6 Å². The van der Waals surface area contributed by atoms with Crippen LogP contribution in [-0.4, -0.2) is 24.0 Å². The lowest BCUT2D eigenvalue weighted by Crippen LogP contribution is -2.12. The van der Waals surface area contributed by atoms with Gasteiger partial charge >= 0.3 is 0 Å². The molecule has 0 saturated carbocycles. The highest BCUT2D eigenvalue weighted by Gasteiger charge is 2.17. The van der Waals surface area contributed by atoms with Crippen LogP contribution in [0, 0.1) is 6.92 Å². The minimum atomic E-state index is -4.49. The van der Waals surface area contributed by atoms with E-state index < -0.39 is 16.0 Å². The van der Waals surface area contributed by atoms with E-state index in [9.17, 15) is 22.9 Å². The normalized spacial score (nSPS) is 11.5. The fourth-order valence-corrected chi connectivity index (χ4v) is 3.32. The van der Waals surface area contributed by atoms with Crippen LogP contribution >= 0.6 is 0 Å². The predicted octanol–water partition coefficient (Wildman–Crippen LogP) is 2.94. The molecule has 0 spiro atoms. The molecule has 0 heterocycles. The summed E-state index contributed by atoms with van der Waals surface area (Å²) in [5.74, 6) is -0.541. The summed E-state index contributed by atoms with van der Waals surface area (Å²) in [4.78, 5) is 12.0. The fraction of sp³-hybridized carbons (Fsp3) is 0.0556. The van der Waals surface area contributed by atoms with Crippen LogP contribution in [0.15, 0.2) is 53.4 Å². The second-order valence-corrected chi connectivity index (χ2v) is 7.23. The molecular formula is C18H16N2O5S. The van der Waals surface area contributed by atoms with E-state index in [0.717, 1.165) is 11.6 Å². The van der Waals surface area contributed by atoms with E-state index in [0.29, 0.717) is 16.9 Å². The van der Waals surface area contributed by atoms with Gasteiger partial charge in [-0.05, 0) is 61.0 Å². The summed E-state index contributed by atoms with van der Waals surface area (Å²) in [7, 11) is -4.49. The molecule has 0 saturated heterocycles. The van der Waals surface area contributed by atoms with Crippen LogP contribution in [0.3, 0.4) is 0 Å². The average Bonchev–Trinajstić information content (AvgIpc) is 2.56. The van der Waals surface area contributed by atoms with Crippen LogP contribution in [0.1, 0.15) is 15.9 Å². The summed E-state index contributed by atoms with van der Waals surface area (Å²) < 4.78 is 32.5. The first kappa shape index (κ1) is 17.7. The molecule has 26 heavy (non-hydrogen) atoms. The van der Waals surface area contributed by atoms with E-state index in [2.05, 4.69) is 5.32 Å². The van der Waals surface area contributed by atoms with Gasteiger partial charge in [-0.2, -0.15) is 8.42 Å². The zero-order valence-corrected chi connectivity index (χ0v) is 14.5. The molecular weight excluding hydrogens is 356 g/mol. The quantitative estimate of drug-likeness (QED) is 0.413. The number of anilines is 2. The second kappa shape index (κ2) is 6.32. The van der Waals surface area contributed by atoms with Crippen molar-refractivity contribution in [2.45, 2.75) is 11.8 Å². The van der Waals surface area contributed by atoms with Gasteiger partial charge in [0.05, 0.1) is 0 Å². The summed E-state index contributed by atoms with van der Waals surface area (Å²) in [6, 6.07) is 11.5. The molecule has 0 unspecified atom stereocenters. The first-order chi connectivity index (χ1) is 12.2. The number of phenols is 1. The van der Waals surface area contributed by atoms with E-state index in [1.807, 2.05) is 0 Å². The Balaban J connectivity index is 2.03. The Morgan fingerprint density at radius 2 is 1.77 bits per heavy atom. The van der Waals surface area contributed by atoms with E-state index in [4.69, 9.17) is 5.73 Å². The molecule has 0 fully saturated rings. The third kappa shape index (κ3) is 3.32. The second-order valence-electron chi connectivity index (χ2n) is 5.84. The summed E-state index contributed by atoms with van der Waals surface area (Å²) in [6.07, 6.45) is 0. The molecule has 5 N–H and O–H groups in total. The zero-order valence-electron chi connectivity index (χ0n) is 13.7. The van der Waals surface area contributed by atoms with Gasteiger partial charge in [0.2, 0.25) is 0 Å². The molecule has 0 bridgehead atoms. The number of hydrogen-bond acceptors (Lipinski definition) is 5. The first-order valence-corrected chi connectivity index (χ1v) is 9.01. The van der Waals surface area contributed by atoms with Crippen LogP contribution in [0.25, 0.3) is 10.8 Å². The number of nitrogen functional groups attached to an aromatic ring is 1. The molecule has 8 heteroatoms. The molecule has 1 amide bonds. The number of carbonyl (C=O) groups is 1. The van der Waals surface area contributed by atoms with Gasteiger partial charge in [-0.3, -0.25) is 9.35 Å². The van der Waals surface area contributed by atoms with E-state index in [1.54, 1.807) is 25.1 Å². The van der Waals surface area contributed by atoms with Crippen molar-refractivity contribution >= 4 is 38.2 Å². The van der Waals surface area contributed by atoms with Crippen LogP contribution in [0.5, 0.6) is 5.75 Å². The van der Waals surface area contributed by atoms with Crippen LogP contribution in [0.2, 0.25) is 0 Å². The van der Waals surface area contributed by atoms with Crippen molar-refractivity contribution in [3.63, 3.8) is 0 Å². The number of aryl methyl sites for hydroxylation is 1. The Morgan fingerprint density at radius 1 is 1.04 bits per heavy atom. The van der Waals surface area contributed by atoms with Crippen molar-refractivity contribution in [1.82, 2.24) is 0 Å². The average molecular weight is 372 g/mol. The lowest BCUT2D eigenvalue weighted by Gasteiger charge is -2.10. The van der Waals surface area contributed by atoms with Crippen molar-refractivity contribution < 1.29 is 22.9 Å². The van der Waals surface area contributed by atoms with Gasteiger partial charge in [0.25, 0.3) is 16.0 Å². The zero-order chi connectivity index (χ0) is 19.1. The van der Waals surface area contributed by atoms with Crippen molar-refractivity contribution in [2.24, 2.45) is 0 Å². The molecule has 3 rings (SSSR count). The molecule has 0 aliphatic rings. The van der Waals surface area contributed by atoms with Crippen molar-refractivity contribution in [1.29, 1.82) is 0 Å². The molecule has 3 aromatic carbocycles. The number of carbonyl (C=O) groups excluding carboxylic acids is 1. The summed E-state index contributed by atoms with van der Waals surface area (Å²) in [5.41, 5.74) is 7.77. The topological polar surface area (TPSA) is 130 Å². The summed E-state index contributed by atoms with van der Waals surface area (Å²) in [6.45, 7) is 1.78. The molecule has 0 atom stereocenters. The molecule has 134 valence electrons. The highest BCUT2D eigenvalue weighted by molar-refractivity contribution is 7.86. The Bertz CT molecular complexity index is 1140. The lowest BCUT2D eigenvalue weighted by molar-refractivity contribution is 0.102. The summed E-state index contributed by atoms with van der Waals surface area (Å²) in [5, 5.41) is 12.9. The first-order valence-electron chi connectivity index (χ1n) is 7.57. The van der Waals surface area contributed by atoms with Gasteiger partial charge in [0, 0.05) is 27.7 Å². The highest BCUT2D eigenvalue weighted by atomic mass is 32.2. The molecule has 0 aliphatic heterocycles. The molecule has 0 radical (unpaired) electrons. The monoisotopic (exact) mass is 372 g/mol. The van der Waals surface area contributed by atoms with Gasteiger partial charge in [-0.25, -0.2) is 0 Å².